The Morgan fingerprint density at radius 1 is 1.32 bits per heavy atom. The van der Waals surface area contributed by atoms with Crippen LogP contribution >= 0.6 is 0 Å². The van der Waals surface area contributed by atoms with Crippen molar-refractivity contribution in [2.24, 2.45) is 5.92 Å². The van der Waals surface area contributed by atoms with Crippen molar-refractivity contribution in [2.45, 2.75) is 51.5 Å². The van der Waals surface area contributed by atoms with Gasteiger partial charge in [-0.2, -0.15) is 0 Å². The lowest BCUT2D eigenvalue weighted by Crippen LogP contribution is -2.46. The molecule has 1 aromatic carbocycles. The molecule has 3 nitrogen and oxygen atoms in total. The van der Waals surface area contributed by atoms with Gasteiger partial charge in [-0.3, -0.25) is 4.79 Å². The Bertz CT molecular complexity index is 546. The number of fused-ring (bicyclic) bond motifs is 1. The zero-order chi connectivity index (χ0) is 15.5. The van der Waals surface area contributed by atoms with Crippen LogP contribution in [0.15, 0.2) is 18.2 Å². The van der Waals surface area contributed by atoms with Gasteiger partial charge in [0.2, 0.25) is 5.91 Å². The quantitative estimate of drug-likeness (QED) is 0.929. The number of nitrogens with one attached hydrogen (secondary N) is 1. The molecule has 4 heteroatoms. The van der Waals surface area contributed by atoms with E-state index in [9.17, 15) is 9.18 Å². The average Bonchev–Trinajstić information content (AvgIpc) is 2.50. The van der Waals surface area contributed by atoms with Crippen molar-refractivity contribution in [1.29, 1.82) is 0 Å². The van der Waals surface area contributed by atoms with Gasteiger partial charge in [0, 0.05) is 12.6 Å². The van der Waals surface area contributed by atoms with Gasteiger partial charge in [0.1, 0.15) is 5.82 Å². The summed E-state index contributed by atoms with van der Waals surface area (Å²) >= 11 is 0. The van der Waals surface area contributed by atoms with Crippen molar-refractivity contribution in [3.8, 4) is 0 Å². The molecule has 1 fully saturated rings. The Morgan fingerprint density at radius 3 is 2.95 bits per heavy atom. The first-order valence-corrected chi connectivity index (χ1v) is 8.47. The standard InChI is InChI=1S/C18H25FN2O/c1-13-6-2-3-10-16(13)20-17(22)12-21-11-5-8-14-7-4-9-15(19)18(14)21/h4,7,9,13,16H,2-3,5-6,8,10-12H2,1H3,(H,20,22)/t13-,16+/m0/s1. The molecule has 120 valence electrons. The lowest BCUT2D eigenvalue weighted by Gasteiger charge is -2.33. The van der Waals surface area contributed by atoms with Crippen molar-refractivity contribution in [2.75, 3.05) is 18.0 Å². The molecule has 0 bridgehead atoms. The van der Waals surface area contributed by atoms with Gasteiger partial charge in [-0.25, -0.2) is 4.39 Å². The smallest absolute Gasteiger partial charge is 0.239 e. The highest BCUT2D eigenvalue weighted by molar-refractivity contribution is 5.82. The summed E-state index contributed by atoms with van der Waals surface area (Å²) in [6.07, 6.45) is 6.58. The predicted octanol–water partition coefficient (Wildman–Crippen LogP) is 3.27. The summed E-state index contributed by atoms with van der Waals surface area (Å²) in [6.45, 7) is 3.22. The van der Waals surface area contributed by atoms with Gasteiger partial charge in [0.05, 0.1) is 12.2 Å². The van der Waals surface area contributed by atoms with Crippen LogP contribution in [0.5, 0.6) is 0 Å². The SMILES string of the molecule is C[C@H]1CCCC[C@H]1NC(=O)CN1CCCc2cccc(F)c21. The van der Waals surface area contributed by atoms with Gasteiger partial charge in [0.25, 0.3) is 0 Å². The molecule has 0 aromatic heterocycles. The first-order chi connectivity index (χ1) is 10.6. The summed E-state index contributed by atoms with van der Waals surface area (Å²) in [5.74, 6) is 0.356. The van der Waals surface area contributed by atoms with E-state index in [1.165, 1.54) is 25.3 Å². The van der Waals surface area contributed by atoms with Crippen LogP contribution in [-0.4, -0.2) is 25.0 Å². The minimum Gasteiger partial charge on any atom is -0.360 e. The Balaban J connectivity index is 1.65. The summed E-state index contributed by atoms with van der Waals surface area (Å²) in [4.78, 5) is 14.3. The van der Waals surface area contributed by atoms with Gasteiger partial charge < -0.3 is 10.2 Å². The molecule has 1 heterocycles. The van der Waals surface area contributed by atoms with E-state index < -0.39 is 0 Å². The van der Waals surface area contributed by atoms with E-state index in [0.717, 1.165) is 31.4 Å². The normalized spacial score (nSPS) is 24.7. The van der Waals surface area contributed by atoms with E-state index in [1.54, 1.807) is 6.07 Å². The van der Waals surface area contributed by atoms with Crippen molar-refractivity contribution in [3.05, 3.63) is 29.6 Å². The van der Waals surface area contributed by atoms with Crippen molar-refractivity contribution in [3.63, 3.8) is 0 Å². The Morgan fingerprint density at radius 2 is 2.14 bits per heavy atom. The fourth-order valence-corrected chi connectivity index (χ4v) is 3.80. The molecule has 1 saturated carbocycles. The molecule has 0 spiro atoms. The van der Waals surface area contributed by atoms with Gasteiger partial charge in [-0.15, -0.1) is 0 Å². The maximum atomic E-state index is 14.1. The van der Waals surface area contributed by atoms with E-state index in [2.05, 4.69) is 12.2 Å². The highest BCUT2D eigenvalue weighted by atomic mass is 19.1. The lowest BCUT2D eigenvalue weighted by atomic mass is 9.86. The van der Waals surface area contributed by atoms with E-state index in [-0.39, 0.29) is 24.3 Å². The zero-order valence-electron chi connectivity index (χ0n) is 13.3. The number of hydrogen-bond donors (Lipinski definition) is 1. The molecule has 1 aromatic rings. The van der Waals surface area contributed by atoms with Crippen LogP contribution in [-0.2, 0) is 11.2 Å². The second-order valence-electron chi connectivity index (χ2n) is 6.71. The molecule has 2 atom stereocenters. The van der Waals surface area contributed by atoms with Gasteiger partial charge >= 0.3 is 0 Å². The molecule has 3 rings (SSSR count). The van der Waals surface area contributed by atoms with E-state index >= 15 is 0 Å². The second kappa shape index (κ2) is 6.67. The van der Waals surface area contributed by atoms with Crippen molar-refractivity contribution >= 4 is 11.6 Å². The number of aryl methyl sites for hydroxylation is 1. The summed E-state index contributed by atoms with van der Waals surface area (Å²) < 4.78 is 14.1. The number of carbonyl (C=O) groups excluding carboxylic acids is 1. The van der Waals surface area contributed by atoms with E-state index in [4.69, 9.17) is 0 Å². The molecule has 0 saturated heterocycles. The van der Waals surface area contributed by atoms with Crippen molar-refractivity contribution < 1.29 is 9.18 Å². The number of hydrogen-bond acceptors (Lipinski definition) is 2. The number of benzene rings is 1. The van der Waals surface area contributed by atoms with Gasteiger partial charge in [0.15, 0.2) is 0 Å². The molecule has 1 amide bonds. The first-order valence-electron chi connectivity index (χ1n) is 8.47. The third kappa shape index (κ3) is 3.26. The van der Waals surface area contributed by atoms with Crippen LogP contribution in [0.3, 0.4) is 0 Å². The number of amides is 1. The number of halogens is 1. The third-order valence-corrected chi connectivity index (χ3v) is 5.05. The van der Waals surface area contributed by atoms with E-state index in [0.29, 0.717) is 11.6 Å². The number of rotatable bonds is 3. The molecule has 1 aliphatic carbocycles. The number of nitrogens with zero attached hydrogens (tertiary/aromatic N) is 1. The van der Waals surface area contributed by atoms with Crippen LogP contribution in [0.4, 0.5) is 10.1 Å². The minimum absolute atomic E-state index is 0.0230. The molecule has 0 unspecified atom stereocenters. The van der Waals surface area contributed by atoms with Crippen LogP contribution in [0.2, 0.25) is 0 Å². The molecular formula is C18H25FN2O. The summed E-state index contributed by atoms with van der Waals surface area (Å²) in [5.41, 5.74) is 1.64. The summed E-state index contributed by atoms with van der Waals surface area (Å²) in [7, 11) is 0. The molecule has 22 heavy (non-hydrogen) atoms. The monoisotopic (exact) mass is 304 g/mol. The molecule has 2 aliphatic rings. The highest BCUT2D eigenvalue weighted by Gasteiger charge is 2.26. The zero-order valence-corrected chi connectivity index (χ0v) is 13.3. The molecule has 0 radical (unpaired) electrons. The van der Waals surface area contributed by atoms with Gasteiger partial charge in [-0.05, 0) is 43.2 Å². The maximum absolute atomic E-state index is 14.1. The average molecular weight is 304 g/mol. The maximum Gasteiger partial charge on any atom is 0.239 e. The lowest BCUT2D eigenvalue weighted by molar-refractivity contribution is -0.121. The Labute approximate surface area is 131 Å². The largest absolute Gasteiger partial charge is 0.360 e. The van der Waals surface area contributed by atoms with E-state index in [1.807, 2.05) is 11.0 Å². The van der Waals surface area contributed by atoms with Gasteiger partial charge in [-0.1, -0.05) is 31.9 Å². The Hall–Kier alpha value is -1.58. The molecule has 1 N–H and O–H groups in total. The first kappa shape index (κ1) is 15.3. The number of para-hydroxylation sites is 1. The van der Waals surface area contributed by atoms with Crippen LogP contribution < -0.4 is 10.2 Å². The highest BCUT2D eigenvalue weighted by Crippen LogP contribution is 2.29. The second-order valence-corrected chi connectivity index (χ2v) is 6.71. The third-order valence-electron chi connectivity index (χ3n) is 5.05. The van der Waals surface area contributed by atoms with Crippen molar-refractivity contribution in [1.82, 2.24) is 5.32 Å². The summed E-state index contributed by atoms with van der Waals surface area (Å²) in [5, 5.41) is 3.16. The summed E-state index contributed by atoms with van der Waals surface area (Å²) in [6, 6.07) is 5.48. The molecule has 1 aliphatic heterocycles. The number of carbonyl (C=O) groups is 1. The van der Waals surface area contributed by atoms with Crippen LogP contribution in [0.1, 0.15) is 44.6 Å². The minimum atomic E-state index is -0.212. The Kier molecular flexibility index (Phi) is 4.65. The number of anilines is 1. The topological polar surface area (TPSA) is 32.3 Å². The van der Waals surface area contributed by atoms with Crippen LogP contribution in [0, 0.1) is 11.7 Å². The fourth-order valence-electron chi connectivity index (χ4n) is 3.80. The molecular weight excluding hydrogens is 279 g/mol. The van der Waals surface area contributed by atoms with Crippen LogP contribution in [0.25, 0.3) is 0 Å². The predicted molar refractivity (Wildman–Crippen MR) is 86.5 cm³/mol. The fraction of sp³-hybridized carbons (Fsp3) is 0.611.